The van der Waals surface area contributed by atoms with Crippen LogP contribution in [-0.2, 0) is 9.53 Å². The number of hydrogen-bond acceptors (Lipinski definition) is 4. The van der Waals surface area contributed by atoms with Crippen molar-refractivity contribution in [3.05, 3.63) is 59.9 Å². The quantitative estimate of drug-likeness (QED) is 0.685. The van der Waals surface area contributed by atoms with Gasteiger partial charge in [0.2, 0.25) is 5.91 Å². The minimum Gasteiger partial charge on any atom is -0.489 e. The summed E-state index contributed by atoms with van der Waals surface area (Å²) in [6, 6.07) is 12.9. The van der Waals surface area contributed by atoms with E-state index in [9.17, 15) is 9.18 Å². The largest absolute Gasteiger partial charge is 0.489 e. The average Bonchev–Trinajstić information content (AvgIpc) is 2.63. The molecule has 0 heterocycles. The van der Waals surface area contributed by atoms with Crippen LogP contribution in [0.4, 0.5) is 10.1 Å². The van der Waals surface area contributed by atoms with E-state index in [2.05, 4.69) is 5.32 Å². The van der Waals surface area contributed by atoms with Gasteiger partial charge in [0.05, 0.1) is 18.2 Å². The Bertz CT molecular complexity index is 700. The highest BCUT2D eigenvalue weighted by Gasteiger charge is 2.23. The molecule has 2 rings (SSSR count). The van der Waals surface area contributed by atoms with Gasteiger partial charge in [-0.3, -0.25) is 4.79 Å². The van der Waals surface area contributed by atoms with Crippen LogP contribution in [0.1, 0.15) is 18.5 Å². The van der Waals surface area contributed by atoms with Crippen molar-refractivity contribution in [2.45, 2.75) is 13.0 Å². The van der Waals surface area contributed by atoms with E-state index in [-0.39, 0.29) is 24.0 Å². The van der Waals surface area contributed by atoms with Crippen LogP contribution in [0.25, 0.3) is 0 Å². The maximum absolute atomic E-state index is 13.6. The molecule has 1 amide bonds. The number of carbonyl (C=O) groups excluding carboxylic acids is 1. The first-order valence-electron chi connectivity index (χ1n) is 8.05. The second-order valence-electron chi connectivity index (χ2n) is 5.70. The van der Waals surface area contributed by atoms with E-state index in [0.717, 1.165) is 5.56 Å². The lowest BCUT2D eigenvalue weighted by Crippen LogP contribution is -2.30. The zero-order valence-corrected chi connectivity index (χ0v) is 15.6. The minimum atomic E-state index is -0.502. The van der Waals surface area contributed by atoms with Gasteiger partial charge in [-0.25, -0.2) is 4.39 Å². The molecule has 0 aliphatic heterocycles. The summed E-state index contributed by atoms with van der Waals surface area (Å²) < 4.78 is 24.0. The van der Waals surface area contributed by atoms with Gasteiger partial charge in [0.25, 0.3) is 0 Å². The number of nitrogens with one attached hydrogen (secondary N) is 1. The number of rotatable bonds is 8. The maximum atomic E-state index is 13.6. The van der Waals surface area contributed by atoms with Gasteiger partial charge in [-0.2, -0.15) is 0 Å². The molecule has 0 bridgehead atoms. The topological polar surface area (TPSA) is 73.6 Å². The SMILES string of the molecule is COCCOc1ccc(F)cc1NC(=O)C(C)C(N)c1ccccc1.Cl. The molecule has 0 saturated heterocycles. The monoisotopic (exact) mass is 382 g/mol. The molecule has 5 nitrogen and oxygen atoms in total. The van der Waals surface area contributed by atoms with E-state index in [1.165, 1.54) is 18.2 Å². The summed E-state index contributed by atoms with van der Waals surface area (Å²) in [6.45, 7) is 2.42. The normalized spacial score (nSPS) is 12.6. The Morgan fingerprint density at radius 2 is 1.88 bits per heavy atom. The lowest BCUT2D eigenvalue weighted by atomic mass is 9.94. The number of amides is 1. The summed E-state index contributed by atoms with van der Waals surface area (Å²) in [5, 5.41) is 2.70. The van der Waals surface area contributed by atoms with Crippen LogP contribution in [0.3, 0.4) is 0 Å². The Kier molecular flexibility index (Phi) is 9.05. The van der Waals surface area contributed by atoms with E-state index in [4.69, 9.17) is 15.2 Å². The van der Waals surface area contributed by atoms with Gasteiger partial charge in [-0.1, -0.05) is 37.3 Å². The van der Waals surface area contributed by atoms with Crippen LogP contribution < -0.4 is 15.8 Å². The van der Waals surface area contributed by atoms with Crippen molar-refractivity contribution in [3.8, 4) is 5.75 Å². The Hall–Kier alpha value is -2.15. The molecule has 7 heteroatoms. The summed E-state index contributed by atoms with van der Waals surface area (Å²) in [6.07, 6.45) is 0. The smallest absolute Gasteiger partial charge is 0.229 e. The fourth-order valence-electron chi connectivity index (χ4n) is 2.33. The molecule has 2 aromatic carbocycles. The number of methoxy groups -OCH3 is 1. The lowest BCUT2D eigenvalue weighted by Gasteiger charge is -2.21. The third-order valence-electron chi connectivity index (χ3n) is 3.88. The molecule has 0 aliphatic carbocycles. The Morgan fingerprint density at radius 3 is 2.54 bits per heavy atom. The molecule has 2 unspecified atom stereocenters. The van der Waals surface area contributed by atoms with Crippen molar-refractivity contribution in [1.29, 1.82) is 0 Å². The molecule has 0 fully saturated rings. The Labute approximate surface area is 159 Å². The summed E-state index contributed by atoms with van der Waals surface area (Å²) in [5.74, 6) is -0.891. The number of halogens is 2. The van der Waals surface area contributed by atoms with Gasteiger partial charge in [-0.05, 0) is 17.7 Å². The second-order valence-corrected chi connectivity index (χ2v) is 5.70. The van der Waals surface area contributed by atoms with Crippen LogP contribution in [0.15, 0.2) is 48.5 Å². The molecular weight excluding hydrogens is 359 g/mol. The maximum Gasteiger partial charge on any atom is 0.229 e. The molecule has 2 atom stereocenters. The summed E-state index contributed by atoms with van der Waals surface area (Å²) >= 11 is 0. The van der Waals surface area contributed by atoms with Crippen molar-refractivity contribution >= 4 is 24.0 Å². The molecule has 3 N–H and O–H groups in total. The number of benzene rings is 2. The lowest BCUT2D eigenvalue weighted by molar-refractivity contribution is -0.120. The first-order chi connectivity index (χ1) is 12.0. The van der Waals surface area contributed by atoms with Gasteiger partial charge in [0.15, 0.2) is 0 Å². The summed E-state index contributed by atoms with van der Waals surface area (Å²) in [4.78, 5) is 12.5. The van der Waals surface area contributed by atoms with Crippen molar-refractivity contribution in [2.75, 3.05) is 25.6 Å². The van der Waals surface area contributed by atoms with Crippen molar-refractivity contribution in [2.24, 2.45) is 11.7 Å². The molecule has 2 aromatic rings. The first-order valence-corrected chi connectivity index (χ1v) is 8.05. The van der Waals surface area contributed by atoms with Gasteiger partial charge in [-0.15, -0.1) is 12.4 Å². The van der Waals surface area contributed by atoms with Gasteiger partial charge in [0.1, 0.15) is 18.2 Å². The van der Waals surface area contributed by atoms with Crippen LogP contribution in [0.2, 0.25) is 0 Å². The van der Waals surface area contributed by atoms with E-state index >= 15 is 0 Å². The van der Waals surface area contributed by atoms with Gasteiger partial charge in [0, 0.05) is 19.2 Å². The second kappa shape index (κ2) is 10.8. The number of anilines is 1. The number of carbonyl (C=O) groups is 1. The number of nitrogens with two attached hydrogens (primary N) is 1. The summed E-state index contributed by atoms with van der Waals surface area (Å²) in [5.41, 5.74) is 7.31. The van der Waals surface area contributed by atoms with E-state index in [1.54, 1.807) is 14.0 Å². The van der Waals surface area contributed by atoms with Crippen LogP contribution in [-0.4, -0.2) is 26.2 Å². The van der Waals surface area contributed by atoms with Crippen molar-refractivity contribution in [1.82, 2.24) is 0 Å². The molecule has 0 spiro atoms. The van der Waals surface area contributed by atoms with E-state index in [0.29, 0.717) is 19.0 Å². The molecule has 0 aliphatic rings. The molecular formula is C19H24ClFN2O3. The third-order valence-corrected chi connectivity index (χ3v) is 3.88. The van der Waals surface area contributed by atoms with Crippen LogP contribution in [0.5, 0.6) is 5.75 Å². The van der Waals surface area contributed by atoms with E-state index < -0.39 is 17.8 Å². The highest BCUT2D eigenvalue weighted by Crippen LogP contribution is 2.27. The van der Waals surface area contributed by atoms with E-state index in [1.807, 2.05) is 30.3 Å². The predicted molar refractivity (Wildman–Crippen MR) is 102 cm³/mol. The zero-order valence-electron chi connectivity index (χ0n) is 14.8. The van der Waals surface area contributed by atoms with Crippen molar-refractivity contribution in [3.63, 3.8) is 0 Å². The molecule has 26 heavy (non-hydrogen) atoms. The number of ether oxygens (including phenoxy) is 2. The Balaban J connectivity index is 0.00000338. The van der Waals surface area contributed by atoms with Gasteiger partial charge >= 0.3 is 0 Å². The third kappa shape index (κ3) is 5.98. The first kappa shape index (κ1) is 21.9. The molecule has 0 aromatic heterocycles. The zero-order chi connectivity index (χ0) is 18.2. The predicted octanol–water partition coefficient (Wildman–Crippen LogP) is 3.55. The van der Waals surface area contributed by atoms with Crippen LogP contribution in [0, 0.1) is 11.7 Å². The fraction of sp³-hybridized carbons (Fsp3) is 0.316. The van der Waals surface area contributed by atoms with Crippen LogP contribution >= 0.6 is 12.4 Å². The standard InChI is InChI=1S/C19H23FN2O3.ClH/c1-13(18(21)14-6-4-3-5-7-14)19(23)22-16-12-15(20)8-9-17(16)25-11-10-24-2;/h3-9,12-13,18H,10-11,21H2,1-2H3,(H,22,23);1H. The molecule has 0 radical (unpaired) electrons. The minimum absolute atomic E-state index is 0. The Morgan fingerprint density at radius 1 is 1.19 bits per heavy atom. The number of hydrogen-bond donors (Lipinski definition) is 2. The highest BCUT2D eigenvalue weighted by molar-refractivity contribution is 5.94. The highest BCUT2D eigenvalue weighted by atomic mass is 35.5. The molecule has 142 valence electrons. The summed E-state index contributed by atoms with van der Waals surface area (Å²) in [7, 11) is 1.56. The van der Waals surface area contributed by atoms with Crippen molar-refractivity contribution < 1.29 is 18.7 Å². The fourth-order valence-corrected chi connectivity index (χ4v) is 2.33. The molecule has 0 saturated carbocycles. The van der Waals surface area contributed by atoms with Gasteiger partial charge < -0.3 is 20.5 Å². The average molecular weight is 383 g/mol.